The Morgan fingerprint density at radius 3 is 2.26 bits per heavy atom. The van der Waals surface area contributed by atoms with E-state index in [9.17, 15) is 4.79 Å². The Labute approximate surface area is 142 Å². The molecule has 2 N–H and O–H groups in total. The van der Waals surface area contributed by atoms with Crippen molar-refractivity contribution in [3.63, 3.8) is 0 Å². The molecule has 3 rings (SSSR count). The van der Waals surface area contributed by atoms with E-state index in [1.54, 1.807) is 0 Å². The van der Waals surface area contributed by atoms with E-state index in [2.05, 4.69) is 10.6 Å². The van der Waals surface area contributed by atoms with Gasteiger partial charge in [-0.15, -0.1) is 12.4 Å². The van der Waals surface area contributed by atoms with E-state index in [1.807, 2.05) is 61.5 Å². The summed E-state index contributed by atoms with van der Waals surface area (Å²) in [4.78, 5) is 12.2. The lowest BCUT2D eigenvalue weighted by molar-refractivity contribution is -0.121. The molecule has 0 saturated carbocycles. The number of carbonyl (C=O) groups excluding carboxylic acids is 1. The predicted octanol–water partition coefficient (Wildman–Crippen LogP) is 3.69. The minimum absolute atomic E-state index is 0. The fourth-order valence-electron chi connectivity index (χ4n) is 2.37. The molecule has 0 aliphatic carbocycles. The van der Waals surface area contributed by atoms with E-state index in [0.717, 1.165) is 30.3 Å². The van der Waals surface area contributed by atoms with Crippen molar-refractivity contribution < 1.29 is 9.53 Å². The number of carbonyl (C=O) groups is 1. The lowest BCUT2D eigenvalue weighted by Crippen LogP contribution is -2.48. The van der Waals surface area contributed by atoms with Gasteiger partial charge < -0.3 is 15.4 Å². The van der Waals surface area contributed by atoms with E-state index in [-0.39, 0.29) is 24.2 Å². The molecule has 5 heteroatoms. The van der Waals surface area contributed by atoms with Gasteiger partial charge in [0.2, 0.25) is 5.91 Å². The third kappa shape index (κ3) is 4.47. The van der Waals surface area contributed by atoms with Gasteiger partial charge in [0.05, 0.1) is 0 Å². The topological polar surface area (TPSA) is 50.4 Å². The monoisotopic (exact) mass is 332 g/mol. The summed E-state index contributed by atoms with van der Waals surface area (Å²) in [5.41, 5.74) is 0.796. The lowest BCUT2D eigenvalue weighted by atomic mass is 9.88. The number of hydrogen-bond acceptors (Lipinski definition) is 3. The van der Waals surface area contributed by atoms with Crippen molar-refractivity contribution in [3.05, 3.63) is 54.6 Å². The molecule has 0 bridgehead atoms. The van der Waals surface area contributed by atoms with Gasteiger partial charge in [0, 0.05) is 11.6 Å². The van der Waals surface area contributed by atoms with Gasteiger partial charge in [-0.2, -0.15) is 0 Å². The van der Waals surface area contributed by atoms with Gasteiger partial charge in [-0.3, -0.25) is 4.79 Å². The average molecular weight is 333 g/mol. The Bertz CT molecular complexity index is 627. The van der Waals surface area contributed by atoms with Crippen LogP contribution < -0.4 is 15.4 Å². The minimum Gasteiger partial charge on any atom is -0.457 e. The lowest BCUT2D eigenvalue weighted by Gasteiger charge is -2.31. The number of anilines is 1. The summed E-state index contributed by atoms with van der Waals surface area (Å²) in [7, 11) is 0. The summed E-state index contributed by atoms with van der Waals surface area (Å²) in [5.74, 6) is 2.09. The molecule has 122 valence electrons. The number of para-hydroxylation sites is 1. The van der Waals surface area contributed by atoms with Crippen LogP contribution >= 0.6 is 12.4 Å². The third-order valence-corrected chi connectivity index (χ3v) is 4.03. The highest BCUT2D eigenvalue weighted by molar-refractivity contribution is 5.92. The molecule has 1 saturated heterocycles. The van der Waals surface area contributed by atoms with Gasteiger partial charge in [0.15, 0.2) is 0 Å². The van der Waals surface area contributed by atoms with Crippen molar-refractivity contribution >= 4 is 24.0 Å². The number of benzene rings is 2. The molecule has 1 atom stereocenters. The molecule has 2 aromatic rings. The van der Waals surface area contributed by atoms with Crippen LogP contribution in [0.3, 0.4) is 0 Å². The Balaban J connectivity index is 0.00000192. The summed E-state index contributed by atoms with van der Waals surface area (Å²) in [6.07, 6.45) is 0. The molecule has 1 fully saturated rings. The molecule has 2 aromatic carbocycles. The van der Waals surface area contributed by atoms with Crippen molar-refractivity contribution in [1.29, 1.82) is 0 Å². The minimum atomic E-state index is 0. The Hall–Kier alpha value is -2.04. The summed E-state index contributed by atoms with van der Waals surface area (Å²) < 4.78 is 5.73. The molecule has 0 spiro atoms. The fourth-order valence-corrected chi connectivity index (χ4v) is 2.37. The zero-order valence-corrected chi connectivity index (χ0v) is 13.8. The quantitative estimate of drug-likeness (QED) is 0.878. The maximum atomic E-state index is 12.2. The largest absolute Gasteiger partial charge is 0.457 e. The summed E-state index contributed by atoms with van der Waals surface area (Å²) in [5, 5.41) is 6.15. The Morgan fingerprint density at radius 1 is 1.09 bits per heavy atom. The van der Waals surface area contributed by atoms with E-state index in [4.69, 9.17) is 4.74 Å². The summed E-state index contributed by atoms with van der Waals surface area (Å²) >= 11 is 0. The molecule has 1 unspecified atom stereocenters. The van der Waals surface area contributed by atoms with Gasteiger partial charge >= 0.3 is 0 Å². The molecule has 1 aliphatic rings. The maximum Gasteiger partial charge on any atom is 0.227 e. The maximum absolute atomic E-state index is 12.2. The van der Waals surface area contributed by atoms with Crippen molar-refractivity contribution in [2.45, 2.75) is 6.92 Å². The SMILES string of the molecule is CC(C(=O)Nc1ccc(Oc2ccccc2)cc1)C1CNC1.Cl. The van der Waals surface area contributed by atoms with Crippen molar-refractivity contribution in [1.82, 2.24) is 5.32 Å². The number of nitrogens with one attached hydrogen (secondary N) is 2. The molecule has 0 aromatic heterocycles. The molecule has 1 aliphatic heterocycles. The van der Waals surface area contributed by atoms with Crippen LogP contribution in [-0.2, 0) is 4.79 Å². The van der Waals surface area contributed by atoms with E-state index < -0.39 is 0 Å². The number of ether oxygens (including phenoxy) is 1. The van der Waals surface area contributed by atoms with Crippen molar-refractivity contribution in [3.8, 4) is 11.5 Å². The van der Waals surface area contributed by atoms with Crippen LogP contribution in [0.1, 0.15) is 6.92 Å². The van der Waals surface area contributed by atoms with Crippen LogP contribution in [0, 0.1) is 11.8 Å². The number of amides is 1. The second kappa shape index (κ2) is 7.99. The molecular weight excluding hydrogens is 312 g/mol. The van der Waals surface area contributed by atoms with E-state index in [1.165, 1.54) is 0 Å². The molecule has 4 nitrogen and oxygen atoms in total. The Kier molecular flexibility index (Phi) is 6.02. The first-order chi connectivity index (χ1) is 10.7. The fraction of sp³-hybridized carbons (Fsp3) is 0.278. The normalized spacial score (nSPS) is 15.0. The zero-order chi connectivity index (χ0) is 15.4. The standard InChI is InChI=1S/C18H20N2O2.ClH/c1-13(14-11-19-12-14)18(21)20-15-7-9-17(10-8-15)22-16-5-3-2-4-6-16;/h2-10,13-14,19H,11-12H2,1H3,(H,20,21);1H. The van der Waals surface area contributed by atoms with Gasteiger partial charge in [0.25, 0.3) is 0 Å². The smallest absolute Gasteiger partial charge is 0.227 e. The van der Waals surface area contributed by atoms with Gasteiger partial charge in [0.1, 0.15) is 11.5 Å². The molecule has 1 amide bonds. The van der Waals surface area contributed by atoms with Crippen LogP contribution in [-0.4, -0.2) is 19.0 Å². The molecule has 0 radical (unpaired) electrons. The van der Waals surface area contributed by atoms with Crippen LogP contribution in [0.5, 0.6) is 11.5 Å². The first-order valence-electron chi connectivity index (χ1n) is 7.57. The molecule has 23 heavy (non-hydrogen) atoms. The number of halogens is 1. The summed E-state index contributed by atoms with van der Waals surface area (Å²) in [6, 6.07) is 17.1. The highest BCUT2D eigenvalue weighted by atomic mass is 35.5. The van der Waals surface area contributed by atoms with E-state index >= 15 is 0 Å². The summed E-state index contributed by atoms with van der Waals surface area (Å²) in [6.45, 7) is 3.84. The van der Waals surface area contributed by atoms with Crippen molar-refractivity contribution in [2.24, 2.45) is 11.8 Å². The van der Waals surface area contributed by atoms with Gasteiger partial charge in [-0.05, 0) is 55.4 Å². The first-order valence-corrected chi connectivity index (χ1v) is 7.57. The highest BCUT2D eigenvalue weighted by Crippen LogP contribution is 2.23. The number of rotatable bonds is 5. The molecule has 1 heterocycles. The predicted molar refractivity (Wildman–Crippen MR) is 94.4 cm³/mol. The van der Waals surface area contributed by atoms with Crippen molar-refractivity contribution in [2.75, 3.05) is 18.4 Å². The van der Waals surface area contributed by atoms with Gasteiger partial charge in [-0.25, -0.2) is 0 Å². The highest BCUT2D eigenvalue weighted by Gasteiger charge is 2.28. The van der Waals surface area contributed by atoms with Gasteiger partial charge in [-0.1, -0.05) is 25.1 Å². The zero-order valence-electron chi connectivity index (χ0n) is 13.0. The second-order valence-electron chi connectivity index (χ2n) is 5.64. The van der Waals surface area contributed by atoms with Crippen LogP contribution in [0.4, 0.5) is 5.69 Å². The second-order valence-corrected chi connectivity index (χ2v) is 5.64. The third-order valence-electron chi connectivity index (χ3n) is 4.03. The number of hydrogen-bond donors (Lipinski definition) is 2. The van der Waals surface area contributed by atoms with Crippen LogP contribution in [0.2, 0.25) is 0 Å². The van der Waals surface area contributed by atoms with E-state index in [0.29, 0.717) is 5.92 Å². The Morgan fingerprint density at radius 2 is 1.70 bits per heavy atom. The van der Waals surface area contributed by atoms with Crippen LogP contribution in [0.15, 0.2) is 54.6 Å². The average Bonchev–Trinajstić information content (AvgIpc) is 2.48. The first kappa shape index (κ1) is 17.3. The van der Waals surface area contributed by atoms with Crippen LogP contribution in [0.25, 0.3) is 0 Å². The molecular formula is C18H21ClN2O2.